The van der Waals surface area contributed by atoms with Crippen LogP contribution in [0.1, 0.15) is 59.3 Å². The minimum absolute atomic E-state index is 0.0108. The summed E-state index contributed by atoms with van der Waals surface area (Å²) in [5.41, 5.74) is -1.21. The molecule has 2 rings (SSSR count). The van der Waals surface area contributed by atoms with Crippen LogP contribution in [0.2, 0.25) is 0 Å². The van der Waals surface area contributed by atoms with Crippen LogP contribution in [0, 0.1) is 22.7 Å². The summed E-state index contributed by atoms with van der Waals surface area (Å²) in [7, 11) is 0. The van der Waals surface area contributed by atoms with Crippen LogP contribution in [0.15, 0.2) is 24.8 Å². The van der Waals surface area contributed by atoms with Gasteiger partial charge in [0.25, 0.3) is 0 Å². The van der Waals surface area contributed by atoms with Gasteiger partial charge in [0, 0.05) is 0 Å². The normalized spacial score (nSPS) is 40.3. The summed E-state index contributed by atoms with van der Waals surface area (Å²) in [6.45, 7) is 13.4. The third-order valence-corrected chi connectivity index (χ3v) is 7.06. The van der Waals surface area contributed by atoms with Crippen LogP contribution < -0.4 is 0 Å². The van der Waals surface area contributed by atoms with E-state index in [9.17, 15) is 20.1 Å². The molecule has 0 aromatic heterocycles. The molecule has 0 unspecified atom stereocenters. The molecule has 4 nitrogen and oxygen atoms in total. The highest BCUT2D eigenvalue weighted by Gasteiger charge is 2.57. The van der Waals surface area contributed by atoms with Crippen LogP contribution in [-0.4, -0.2) is 33.0 Å². The summed E-state index contributed by atoms with van der Waals surface area (Å²) in [6, 6.07) is 0. The number of carboxylic acid groups (broad SMARTS) is 1. The zero-order valence-corrected chi connectivity index (χ0v) is 15.2. The third-order valence-electron chi connectivity index (χ3n) is 7.06. The molecule has 2 aliphatic carbocycles. The van der Waals surface area contributed by atoms with Crippen LogP contribution in [0.4, 0.5) is 0 Å². The predicted molar refractivity (Wildman–Crippen MR) is 94.5 cm³/mol. The summed E-state index contributed by atoms with van der Waals surface area (Å²) in [5, 5.41) is 30.6. The number of fused-ring (bicyclic) bond motifs is 1. The zero-order valence-electron chi connectivity index (χ0n) is 15.2. The molecule has 0 radical (unpaired) electrons. The number of aliphatic hydroxyl groups is 2. The number of carboxylic acids is 1. The average Bonchev–Trinajstić information content (AvgIpc) is 2.50. The SMILES string of the molecule is C=C[C@](C)(O)[C@H](O)C[C@H]1C(=C)CC[C@@H]2[C@]1(C)CCC[C@@]2(C)C(=O)O. The maximum atomic E-state index is 12.0. The Morgan fingerprint density at radius 3 is 2.62 bits per heavy atom. The molecular formula is C20H32O4. The molecule has 2 saturated carbocycles. The van der Waals surface area contributed by atoms with E-state index in [2.05, 4.69) is 20.1 Å². The molecule has 0 heterocycles. The molecule has 3 N–H and O–H groups in total. The molecule has 0 amide bonds. The molecule has 0 bridgehead atoms. The van der Waals surface area contributed by atoms with Crippen LogP contribution in [0.5, 0.6) is 0 Å². The first-order chi connectivity index (χ1) is 11.0. The number of aliphatic carboxylic acids is 1. The highest BCUT2D eigenvalue weighted by Crippen LogP contribution is 2.62. The molecule has 24 heavy (non-hydrogen) atoms. The molecule has 0 saturated heterocycles. The Hall–Kier alpha value is -1.13. The van der Waals surface area contributed by atoms with Crippen molar-refractivity contribution in [1.29, 1.82) is 0 Å². The molecule has 0 spiro atoms. The summed E-state index contributed by atoms with van der Waals surface area (Å²) >= 11 is 0. The largest absolute Gasteiger partial charge is 0.481 e. The van der Waals surface area contributed by atoms with Gasteiger partial charge in [-0.15, -0.1) is 6.58 Å². The first kappa shape index (κ1) is 19.2. The highest BCUT2D eigenvalue weighted by atomic mass is 16.4. The minimum Gasteiger partial charge on any atom is -0.481 e. The van der Waals surface area contributed by atoms with Crippen molar-refractivity contribution in [2.45, 2.75) is 71.0 Å². The van der Waals surface area contributed by atoms with Gasteiger partial charge in [-0.05, 0) is 63.2 Å². The van der Waals surface area contributed by atoms with E-state index in [1.54, 1.807) is 6.92 Å². The van der Waals surface area contributed by atoms with E-state index < -0.39 is 23.1 Å². The fourth-order valence-electron chi connectivity index (χ4n) is 5.24. The maximum Gasteiger partial charge on any atom is 0.309 e. The van der Waals surface area contributed by atoms with Crippen molar-refractivity contribution in [1.82, 2.24) is 0 Å². The van der Waals surface area contributed by atoms with Gasteiger partial charge >= 0.3 is 5.97 Å². The molecule has 6 atom stereocenters. The molecule has 0 aromatic carbocycles. The van der Waals surface area contributed by atoms with Crippen molar-refractivity contribution in [2.24, 2.45) is 22.7 Å². The van der Waals surface area contributed by atoms with Gasteiger partial charge in [0.1, 0.15) is 5.60 Å². The summed E-state index contributed by atoms with van der Waals surface area (Å²) < 4.78 is 0. The van der Waals surface area contributed by atoms with Gasteiger partial charge in [-0.2, -0.15) is 0 Å². The molecular weight excluding hydrogens is 304 g/mol. The lowest BCUT2D eigenvalue weighted by Gasteiger charge is -2.57. The van der Waals surface area contributed by atoms with E-state index in [0.29, 0.717) is 12.8 Å². The van der Waals surface area contributed by atoms with Crippen molar-refractivity contribution < 1.29 is 20.1 Å². The number of hydrogen-bond acceptors (Lipinski definition) is 3. The van der Waals surface area contributed by atoms with Gasteiger partial charge in [-0.3, -0.25) is 4.79 Å². The van der Waals surface area contributed by atoms with E-state index >= 15 is 0 Å². The Morgan fingerprint density at radius 1 is 1.46 bits per heavy atom. The molecule has 2 aliphatic rings. The Bertz CT molecular complexity index is 538. The van der Waals surface area contributed by atoms with Gasteiger partial charge in [-0.1, -0.05) is 31.6 Å². The van der Waals surface area contributed by atoms with Crippen LogP contribution in [0.25, 0.3) is 0 Å². The fourth-order valence-corrected chi connectivity index (χ4v) is 5.24. The Kier molecular flexibility index (Phi) is 5.04. The van der Waals surface area contributed by atoms with E-state index in [1.165, 1.54) is 6.08 Å². The Labute approximate surface area is 145 Å². The van der Waals surface area contributed by atoms with E-state index in [1.807, 2.05) is 6.92 Å². The number of allylic oxidation sites excluding steroid dienone is 1. The van der Waals surface area contributed by atoms with Crippen LogP contribution >= 0.6 is 0 Å². The first-order valence-electron chi connectivity index (χ1n) is 8.94. The topological polar surface area (TPSA) is 77.8 Å². The van der Waals surface area contributed by atoms with Crippen molar-refractivity contribution in [3.63, 3.8) is 0 Å². The lowest BCUT2D eigenvalue weighted by molar-refractivity contribution is -0.165. The predicted octanol–water partition coefficient (Wildman–Crippen LogP) is 3.54. The second-order valence-electron chi connectivity index (χ2n) is 8.57. The second kappa shape index (κ2) is 6.30. The molecule has 136 valence electrons. The summed E-state index contributed by atoms with van der Waals surface area (Å²) in [4.78, 5) is 12.0. The third kappa shape index (κ3) is 2.95. The van der Waals surface area contributed by atoms with Crippen molar-refractivity contribution in [2.75, 3.05) is 0 Å². The number of hydrogen-bond donors (Lipinski definition) is 3. The van der Waals surface area contributed by atoms with E-state index in [0.717, 1.165) is 31.3 Å². The van der Waals surface area contributed by atoms with Crippen LogP contribution in [-0.2, 0) is 4.79 Å². The summed E-state index contributed by atoms with van der Waals surface area (Å²) in [6.07, 6.45) is 4.95. The molecule has 2 fully saturated rings. The van der Waals surface area contributed by atoms with Gasteiger partial charge < -0.3 is 15.3 Å². The quantitative estimate of drug-likeness (QED) is 0.671. The second-order valence-corrected chi connectivity index (χ2v) is 8.57. The molecule has 0 aromatic rings. The van der Waals surface area contributed by atoms with Gasteiger partial charge in [0.15, 0.2) is 0 Å². The van der Waals surface area contributed by atoms with Crippen molar-refractivity contribution in [3.8, 4) is 0 Å². The van der Waals surface area contributed by atoms with E-state index in [-0.39, 0.29) is 17.3 Å². The van der Waals surface area contributed by atoms with E-state index in [4.69, 9.17) is 0 Å². The lowest BCUT2D eigenvalue weighted by Crippen LogP contribution is -2.54. The Morgan fingerprint density at radius 2 is 2.08 bits per heavy atom. The smallest absolute Gasteiger partial charge is 0.309 e. The Balaban J connectivity index is 2.35. The van der Waals surface area contributed by atoms with Crippen molar-refractivity contribution >= 4 is 5.97 Å². The lowest BCUT2D eigenvalue weighted by atomic mass is 9.46. The molecule has 4 heteroatoms. The zero-order chi connectivity index (χ0) is 18.3. The average molecular weight is 336 g/mol. The molecule has 0 aliphatic heterocycles. The van der Waals surface area contributed by atoms with Crippen LogP contribution in [0.3, 0.4) is 0 Å². The maximum absolute atomic E-state index is 12.0. The number of carbonyl (C=O) groups is 1. The first-order valence-corrected chi connectivity index (χ1v) is 8.94. The standard InChI is InChI=1S/C20H32O4/c1-6-20(5,24)16(21)12-14-13(2)8-9-15-18(14,3)10-7-11-19(15,4)17(22)23/h6,14-16,21,24H,1-2,7-12H2,3-5H3,(H,22,23)/t14-,15+,16+,18+,19+,20-/m0/s1. The van der Waals surface area contributed by atoms with Gasteiger partial charge in [-0.25, -0.2) is 0 Å². The van der Waals surface area contributed by atoms with Crippen molar-refractivity contribution in [3.05, 3.63) is 24.8 Å². The van der Waals surface area contributed by atoms with Gasteiger partial charge in [0.05, 0.1) is 11.5 Å². The van der Waals surface area contributed by atoms with Gasteiger partial charge in [0.2, 0.25) is 0 Å². The monoisotopic (exact) mass is 336 g/mol. The number of rotatable bonds is 5. The fraction of sp³-hybridized carbons (Fsp3) is 0.750. The minimum atomic E-state index is -1.35. The number of aliphatic hydroxyl groups excluding tert-OH is 1. The highest BCUT2D eigenvalue weighted by molar-refractivity contribution is 5.75. The summed E-state index contributed by atoms with van der Waals surface area (Å²) in [5.74, 6) is -0.646.